The van der Waals surface area contributed by atoms with Crippen LogP contribution in [-0.4, -0.2) is 32.7 Å². The number of hydrogen-bond donors (Lipinski definition) is 2. The molecule has 9 heteroatoms. The van der Waals surface area contributed by atoms with Crippen LogP contribution in [0.25, 0.3) is 0 Å². The van der Waals surface area contributed by atoms with Crippen molar-refractivity contribution in [1.82, 2.24) is 15.1 Å². The van der Waals surface area contributed by atoms with Crippen molar-refractivity contribution in [2.75, 3.05) is 6.54 Å². The Kier molecular flexibility index (Phi) is 4.88. The summed E-state index contributed by atoms with van der Waals surface area (Å²) in [5, 5.41) is 15.1. The molecule has 0 atom stereocenters. The van der Waals surface area contributed by atoms with Gasteiger partial charge in [-0.15, -0.1) is 0 Å². The zero-order valence-corrected chi connectivity index (χ0v) is 13.7. The number of nitrogens with zero attached hydrogens (tertiary/aromatic N) is 2. The van der Waals surface area contributed by atoms with Gasteiger partial charge < -0.3 is 10.0 Å². The molecule has 1 aromatic heterocycles. The second-order valence-corrected chi connectivity index (χ2v) is 6.39. The number of carbonyl (C=O) groups is 1. The molecular weight excluding hydrogens is 354 g/mol. The molecule has 0 saturated heterocycles. The Labute approximate surface area is 146 Å². The first-order valence-corrected chi connectivity index (χ1v) is 8.14. The maximum absolute atomic E-state index is 13.5. The van der Waals surface area contributed by atoms with Crippen LogP contribution in [0.2, 0.25) is 0 Å². The molecule has 26 heavy (non-hydrogen) atoms. The van der Waals surface area contributed by atoms with Crippen LogP contribution in [0.5, 0.6) is 5.75 Å². The number of H-pyrrole nitrogens is 1. The van der Waals surface area contributed by atoms with Crippen LogP contribution >= 0.6 is 0 Å². The Morgan fingerprint density at radius 3 is 2.65 bits per heavy atom. The molecule has 0 radical (unpaired) electrons. The predicted molar refractivity (Wildman–Crippen MR) is 83.7 cm³/mol. The third-order valence-electron chi connectivity index (χ3n) is 4.52. The zero-order valence-electron chi connectivity index (χ0n) is 13.7. The van der Waals surface area contributed by atoms with E-state index in [9.17, 15) is 27.5 Å². The molecule has 1 aliphatic carbocycles. The number of benzene rings is 1. The fourth-order valence-electron chi connectivity index (χ4n) is 2.85. The fourth-order valence-corrected chi connectivity index (χ4v) is 2.85. The zero-order chi connectivity index (χ0) is 18.9. The van der Waals surface area contributed by atoms with Gasteiger partial charge in [0.2, 0.25) is 0 Å². The number of phenolic OH excluding ortho intramolecular Hbond substituents is 1. The van der Waals surface area contributed by atoms with Crippen molar-refractivity contribution in [3.05, 3.63) is 47.0 Å². The van der Waals surface area contributed by atoms with Crippen molar-refractivity contribution < 1.29 is 27.5 Å². The molecule has 2 aromatic rings. The van der Waals surface area contributed by atoms with Gasteiger partial charge in [0.25, 0.3) is 5.91 Å². The molecule has 1 fully saturated rings. The number of rotatable bonds is 5. The minimum Gasteiger partial charge on any atom is -0.505 e. The quantitative estimate of drug-likeness (QED) is 0.787. The summed E-state index contributed by atoms with van der Waals surface area (Å²) in [6, 6.07) is 4.60. The van der Waals surface area contributed by atoms with Crippen molar-refractivity contribution in [3.8, 4) is 5.75 Å². The number of amides is 1. The van der Waals surface area contributed by atoms with Crippen molar-refractivity contribution >= 4 is 5.91 Å². The van der Waals surface area contributed by atoms with Crippen molar-refractivity contribution in [2.45, 2.75) is 32.0 Å². The van der Waals surface area contributed by atoms with Crippen molar-refractivity contribution in [1.29, 1.82) is 0 Å². The number of carbonyl (C=O) groups excluding carboxylic acids is 1. The van der Waals surface area contributed by atoms with Crippen LogP contribution in [-0.2, 0) is 12.7 Å². The molecule has 0 unspecified atom stereocenters. The lowest BCUT2D eigenvalue weighted by Gasteiger charge is -2.32. The number of aromatic nitrogens is 2. The SMILES string of the molecule is O=C(c1cc(C(F)(F)F)n[nH]1)N(Cc1cccc(F)c1O)CC1CCC1. The first-order valence-electron chi connectivity index (χ1n) is 8.14. The van der Waals surface area contributed by atoms with E-state index in [1.54, 1.807) is 0 Å². The highest BCUT2D eigenvalue weighted by Gasteiger charge is 2.35. The molecule has 2 N–H and O–H groups in total. The molecule has 5 nitrogen and oxygen atoms in total. The van der Waals surface area contributed by atoms with Gasteiger partial charge in [0.15, 0.2) is 17.3 Å². The van der Waals surface area contributed by atoms with Crippen LogP contribution in [0, 0.1) is 11.7 Å². The van der Waals surface area contributed by atoms with Crippen LogP contribution in [0.1, 0.15) is 41.0 Å². The topological polar surface area (TPSA) is 69.2 Å². The molecule has 0 aliphatic heterocycles. The molecule has 0 bridgehead atoms. The van der Waals surface area contributed by atoms with Gasteiger partial charge in [-0.25, -0.2) is 4.39 Å². The van der Waals surface area contributed by atoms with E-state index in [1.807, 2.05) is 0 Å². The van der Waals surface area contributed by atoms with Crippen LogP contribution in [0.4, 0.5) is 17.6 Å². The lowest BCUT2D eigenvalue weighted by atomic mass is 9.85. The van der Waals surface area contributed by atoms with E-state index in [4.69, 9.17) is 0 Å². The van der Waals surface area contributed by atoms with Gasteiger partial charge in [0.1, 0.15) is 5.69 Å². The molecule has 1 amide bonds. The van der Waals surface area contributed by atoms with E-state index in [1.165, 1.54) is 17.0 Å². The van der Waals surface area contributed by atoms with E-state index in [0.717, 1.165) is 25.3 Å². The summed E-state index contributed by atoms with van der Waals surface area (Å²) in [5.74, 6) is -1.83. The Morgan fingerprint density at radius 1 is 1.35 bits per heavy atom. The Hall–Kier alpha value is -2.58. The highest BCUT2D eigenvalue weighted by atomic mass is 19.4. The molecule has 1 aliphatic rings. The van der Waals surface area contributed by atoms with E-state index >= 15 is 0 Å². The largest absolute Gasteiger partial charge is 0.505 e. The Bertz CT molecular complexity index is 800. The third kappa shape index (κ3) is 3.81. The summed E-state index contributed by atoms with van der Waals surface area (Å²) in [6.45, 7) is 0.203. The number of aromatic amines is 1. The Morgan fingerprint density at radius 2 is 2.08 bits per heavy atom. The summed E-state index contributed by atoms with van der Waals surface area (Å²) in [4.78, 5) is 14.0. The third-order valence-corrected chi connectivity index (χ3v) is 4.52. The van der Waals surface area contributed by atoms with Gasteiger partial charge in [-0.1, -0.05) is 18.6 Å². The summed E-state index contributed by atoms with van der Waals surface area (Å²) in [6.07, 6.45) is -1.81. The molecule has 3 rings (SSSR count). The highest BCUT2D eigenvalue weighted by molar-refractivity contribution is 5.92. The average molecular weight is 371 g/mol. The number of halogens is 4. The smallest absolute Gasteiger partial charge is 0.435 e. The minimum atomic E-state index is -4.66. The maximum Gasteiger partial charge on any atom is 0.435 e. The van der Waals surface area contributed by atoms with Gasteiger partial charge in [-0.05, 0) is 24.8 Å². The first kappa shape index (κ1) is 18.2. The fraction of sp³-hybridized carbons (Fsp3) is 0.412. The van der Waals surface area contributed by atoms with Gasteiger partial charge in [-0.2, -0.15) is 18.3 Å². The standard InChI is InChI=1S/C17H17F4N3O2/c18-12-6-2-5-11(15(12)25)9-24(8-10-3-1-4-10)16(26)13-7-14(23-22-13)17(19,20)21/h2,5-7,10,25H,1,3-4,8-9H2,(H,22,23). The second kappa shape index (κ2) is 6.97. The van der Waals surface area contributed by atoms with Gasteiger partial charge >= 0.3 is 6.18 Å². The number of aromatic hydroxyl groups is 1. The van der Waals surface area contributed by atoms with Gasteiger partial charge in [0.05, 0.1) is 0 Å². The predicted octanol–water partition coefficient (Wildman–Crippen LogP) is 3.72. The van der Waals surface area contributed by atoms with Crippen molar-refractivity contribution in [3.63, 3.8) is 0 Å². The number of alkyl halides is 3. The molecule has 1 aromatic carbocycles. The first-order chi connectivity index (χ1) is 12.3. The van der Waals surface area contributed by atoms with Gasteiger partial charge in [0, 0.05) is 24.7 Å². The number of para-hydroxylation sites is 1. The molecular formula is C17H17F4N3O2. The molecule has 1 saturated carbocycles. The number of nitrogens with one attached hydrogen (secondary N) is 1. The summed E-state index contributed by atoms with van der Waals surface area (Å²) >= 11 is 0. The van der Waals surface area contributed by atoms with Crippen LogP contribution in [0.15, 0.2) is 24.3 Å². The van der Waals surface area contributed by atoms with E-state index in [2.05, 4.69) is 10.2 Å². The van der Waals surface area contributed by atoms with Crippen molar-refractivity contribution in [2.24, 2.45) is 5.92 Å². The molecule has 140 valence electrons. The number of phenols is 1. The molecule has 0 spiro atoms. The normalized spacial score (nSPS) is 14.9. The van der Waals surface area contributed by atoms with Gasteiger partial charge in [-0.3, -0.25) is 9.89 Å². The summed E-state index contributed by atoms with van der Waals surface area (Å²) in [7, 11) is 0. The lowest BCUT2D eigenvalue weighted by molar-refractivity contribution is -0.141. The summed E-state index contributed by atoms with van der Waals surface area (Å²) < 4.78 is 51.6. The van der Waals surface area contributed by atoms with E-state index in [-0.39, 0.29) is 23.7 Å². The average Bonchev–Trinajstić information content (AvgIpc) is 3.03. The van der Waals surface area contributed by atoms with Crippen LogP contribution in [0.3, 0.4) is 0 Å². The van der Waals surface area contributed by atoms with E-state index < -0.39 is 29.3 Å². The monoisotopic (exact) mass is 371 g/mol. The minimum absolute atomic E-state index is 0.112. The maximum atomic E-state index is 13.5. The highest BCUT2D eigenvalue weighted by Crippen LogP contribution is 2.31. The van der Waals surface area contributed by atoms with E-state index in [0.29, 0.717) is 12.6 Å². The summed E-state index contributed by atoms with van der Waals surface area (Å²) in [5.41, 5.74) is -1.29. The number of hydrogen-bond acceptors (Lipinski definition) is 3. The molecule has 1 heterocycles. The Balaban J connectivity index is 1.84. The van der Waals surface area contributed by atoms with Crippen LogP contribution < -0.4 is 0 Å². The second-order valence-electron chi connectivity index (χ2n) is 6.39. The lowest BCUT2D eigenvalue weighted by Crippen LogP contribution is -2.37.